The summed E-state index contributed by atoms with van der Waals surface area (Å²) in [6.45, 7) is 5.21. The number of amides is 1. The zero-order valence-corrected chi connectivity index (χ0v) is 12.3. The van der Waals surface area contributed by atoms with Crippen LogP contribution in [0.2, 0.25) is 0 Å². The van der Waals surface area contributed by atoms with E-state index in [0.29, 0.717) is 5.91 Å². The SMILES string of the molecule is CCC1(C(=O)N2CCC3CCCCC3C2)CCCN1. The summed E-state index contributed by atoms with van der Waals surface area (Å²) >= 11 is 0. The van der Waals surface area contributed by atoms with E-state index in [1.807, 2.05) is 0 Å². The highest BCUT2D eigenvalue weighted by Gasteiger charge is 2.44. The average molecular weight is 264 g/mol. The summed E-state index contributed by atoms with van der Waals surface area (Å²) in [5.74, 6) is 2.10. The van der Waals surface area contributed by atoms with E-state index in [9.17, 15) is 4.79 Å². The minimum atomic E-state index is -0.221. The molecular formula is C16H28N2O. The van der Waals surface area contributed by atoms with Crippen molar-refractivity contribution in [2.75, 3.05) is 19.6 Å². The van der Waals surface area contributed by atoms with Crippen molar-refractivity contribution in [1.29, 1.82) is 0 Å². The Hall–Kier alpha value is -0.570. The fraction of sp³-hybridized carbons (Fsp3) is 0.938. The lowest BCUT2D eigenvalue weighted by Gasteiger charge is -2.44. The molecule has 3 nitrogen and oxygen atoms in total. The molecule has 19 heavy (non-hydrogen) atoms. The highest BCUT2D eigenvalue weighted by atomic mass is 16.2. The van der Waals surface area contributed by atoms with E-state index in [2.05, 4.69) is 17.1 Å². The Morgan fingerprint density at radius 1 is 1.21 bits per heavy atom. The number of nitrogens with one attached hydrogen (secondary N) is 1. The topological polar surface area (TPSA) is 32.3 Å². The lowest BCUT2D eigenvalue weighted by molar-refractivity contribution is -0.141. The van der Waals surface area contributed by atoms with Gasteiger partial charge >= 0.3 is 0 Å². The largest absolute Gasteiger partial charge is 0.341 e. The Bertz CT molecular complexity index is 336. The number of hydrogen-bond acceptors (Lipinski definition) is 2. The van der Waals surface area contributed by atoms with E-state index in [0.717, 1.165) is 50.7 Å². The summed E-state index contributed by atoms with van der Waals surface area (Å²) < 4.78 is 0. The van der Waals surface area contributed by atoms with Crippen LogP contribution in [0.5, 0.6) is 0 Å². The van der Waals surface area contributed by atoms with Crippen LogP contribution >= 0.6 is 0 Å². The van der Waals surface area contributed by atoms with Crippen LogP contribution in [0.15, 0.2) is 0 Å². The first kappa shape index (κ1) is 13.4. The first-order valence-electron chi connectivity index (χ1n) is 8.29. The lowest BCUT2D eigenvalue weighted by Crippen LogP contribution is -2.57. The molecule has 0 spiro atoms. The van der Waals surface area contributed by atoms with E-state index >= 15 is 0 Å². The van der Waals surface area contributed by atoms with Gasteiger partial charge in [0.2, 0.25) is 5.91 Å². The van der Waals surface area contributed by atoms with Crippen molar-refractivity contribution >= 4 is 5.91 Å². The number of nitrogens with zero attached hydrogens (tertiary/aromatic N) is 1. The molecule has 1 saturated carbocycles. The fourth-order valence-corrected chi connectivity index (χ4v) is 4.53. The molecule has 3 heteroatoms. The molecule has 3 aliphatic rings. The summed E-state index contributed by atoms with van der Waals surface area (Å²) in [7, 11) is 0. The number of fused-ring (bicyclic) bond motifs is 1. The van der Waals surface area contributed by atoms with Crippen LogP contribution in [0.1, 0.15) is 58.3 Å². The Balaban J connectivity index is 1.67. The van der Waals surface area contributed by atoms with Gasteiger partial charge in [-0.05, 0) is 50.5 Å². The highest BCUT2D eigenvalue weighted by molar-refractivity contribution is 5.86. The van der Waals surface area contributed by atoms with Gasteiger partial charge in [0.05, 0.1) is 5.54 Å². The van der Waals surface area contributed by atoms with Gasteiger partial charge in [0.15, 0.2) is 0 Å². The van der Waals surface area contributed by atoms with Gasteiger partial charge in [-0.3, -0.25) is 4.79 Å². The Kier molecular flexibility index (Phi) is 3.84. The van der Waals surface area contributed by atoms with Crippen LogP contribution < -0.4 is 5.32 Å². The van der Waals surface area contributed by atoms with Crippen LogP contribution in [0, 0.1) is 11.8 Å². The number of carbonyl (C=O) groups excluding carboxylic acids is 1. The molecule has 2 saturated heterocycles. The van der Waals surface area contributed by atoms with Gasteiger partial charge in [0.1, 0.15) is 0 Å². The number of piperidine rings is 1. The zero-order valence-electron chi connectivity index (χ0n) is 12.3. The molecule has 3 rings (SSSR count). The van der Waals surface area contributed by atoms with Crippen LogP contribution in [0.4, 0.5) is 0 Å². The predicted octanol–water partition coefficient (Wildman–Crippen LogP) is 2.56. The number of likely N-dealkylation sites (tertiary alicyclic amines) is 1. The number of rotatable bonds is 2. The summed E-state index contributed by atoms with van der Waals surface area (Å²) in [5.41, 5.74) is -0.221. The second-order valence-electron chi connectivity index (χ2n) is 6.81. The monoisotopic (exact) mass is 264 g/mol. The molecule has 0 aromatic carbocycles. The Labute approximate surface area is 117 Å². The molecule has 108 valence electrons. The molecule has 1 N–H and O–H groups in total. The average Bonchev–Trinajstić information content (AvgIpc) is 2.96. The highest BCUT2D eigenvalue weighted by Crippen LogP contribution is 2.37. The van der Waals surface area contributed by atoms with Gasteiger partial charge in [-0.15, -0.1) is 0 Å². The second kappa shape index (κ2) is 5.43. The Morgan fingerprint density at radius 3 is 2.68 bits per heavy atom. The first-order valence-corrected chi connectivity index (χ1v) is 8.29. The molecule has 0 aromatic rings. The van der Waals surface area contributed by atoms with Crippen LogP contribution in [0.3, 0.4) is 0 Å². The maximum absolute atomic E-state index is 12.9. The molecule has 3 fully saturated rings. The number of hydrogen-bond donors (Lipinski definition) is 1. The smallest absolute Gasteiger partial charge is 0.242 e. The van der Waals surface area contributed by atoms with Crippen molar-refractivity contribution in [3.8, 4) is 0 Å². The maximum Gasteiger partial charge on any atom is 0.242 e. The summed E-state index contributed by atoms with van der Waals surface area (Å²) in [6.07, 6.45) is 9.92. The zero-order chi connectivity index (χ0) is 13.3. The molecule has 0 radical (unpaired) electrons. The van der Waals surface area contributed by atoms with Gasteiger partial charge in [0, 0.05) is 13.1 Å². The van der Waals surface area contributed by atoms with Crippen molar-refractivity contribution in [2.24, 2.45) is 11.8 Å². The molecule has 3 atom stereocenters. The van der Waals surface area contributed by atoms with Gasteiger partial charge in [-0.2, -0.15) is 0 Å². The number of carbonyl (C=O) groups is 1. The molecule has 1 aliphatic carbocycles. The van der Waals surface area contributed by atoms with Crippen LogP contribution in [0.25, 0.3) is 0 Å². The molecule has 2 heterocycles. The third-order valence-electron chi connectivity index (χ3n) is 5.84. The maximum atomic E-state index is 12.9. The Morgan fingerprint density at radius 2 is 2.00 bits per heavy atom. The molecule has 2 aliphatic heterocycles. The third-order valence-corrected chi connectivity index (χ3v) is 5.84. The normalized spacial score (nSPS) is 39.1. The standard InChI is InChI=1S/C16H28N2O/c1-2-16(9-5-10-17-16)15(19)18-11-8-13-6-3-4-7-14(13)12-18/h13-14,17H,2-12H2,1H3. The minimum absolute atomic E-state index is 0.221. The third kappa shape index (κ3) is 2.42. The fourth-order valence-electron chi connectivity index (χ4n) is 4.53. The van der Waals surface area contributed by atoms with Gasteiger partial charge in [-0.1, -0.05) is 26.2 Å². The molecular weight excluding hydrogens is 236 g/mol. The minimum Gasteiger partial charge on any atom is -0.341 e. The molecule has 1 amide bonds. The van der Waals surface area contributed by atoms with Crippen molar-refractivity contribution < 1.29 is 4.79 Å². The quantitative estimate of drug-likeness (QED) is 0.831. The van der Waals surface area contributed by atoms with Crippen LogP contribution in [-0.2, 0) is 4.79 Å². The van der Waals surface area contributed by atoms with E-state index in [1.165, 1.54) is 32.1 Å². The van der Waals surface area contributed by atoms with Crippen molar-refractivity contribution in [3.63, 3.8) is 0 Å². The van der Waals surface area contributed by atoms with E-state index < -0.39 is 0 Å². The van der Waals surface area contributed by atoms with E-state index in [1.54, 1.807) is 0 Å². The van der Waals surface area contributed by atoms with E-state index in [4.69, 9.17) is 0 Å². The second-order valence-corrected chi connectivity index (χ2v) is 6.81. The van der Waals surface area contributed by atoms with Crippen molar-refractivity contribution in [1.82, 2.24) is 10.2 Å². The molecule has 0 aromatic heterocycles. The summed E-state index contributed by atoms with van der Waals surface area (Å²) in [5, 5.41) is 3.50. The van der Waals surface area contributed by atoms with Crippen molar-refractivity contribution in [2.45, 2.75) is 63.8 Å². The summed E-state index contributed by atoms with van der Waals surface area (Å²) in [4.78, 5) is 15.1. The van der Waals surface area contributed by atoms with Crippen molar-refractivity contribution in [3.05, 3.63) is 0 Å². The lowest BCUT2D eigenvalue weighted by atomic mass is 9.74. The van der Waals surface area contributed by atoms with Gasteiger partial charge in [0.25, 0.3) is 0 Å². The van der Waals surface area contributed by atoms with Crippen LogP contribution in [-0.4, -0.2) is 36.0 Å². The molecule has 3 unspecified atom stereocenters. The predicted molar refractivity (Wildman–Crippen MR) is 76.9 cm³/mol. The van der Waals surface area contributed by atoms with Gasteiger partial charge < -0.3 is 10.2 Å². The summed E-state index contributed by atoms with van der Waals surface area (Å²) in [6, 6.07) is 0. The molecule has 0 bridgehead atoms. The van der Waals surface area contributed by atoms with E-state index in [-0.39, 0.29) is 5.54 Å². The van der Waals surface area contributed by atoms with Gasteiger partial charge in [-0.25, -0.2) is 0 Å². The first-order chi connectivity index (χ1) is 9.25.